The normalized spacial score (nSPS) is 13.0. The first-order chi connectivity index (χ1) is 11.7. The van der Waals surface area contributed by atoms with Crippen molar-refractivity contribution >= 4 is 15.7 Å². The molecule has 0 radical (unpaired) electrons. The number of halogens is 2. The fourth-order valence-corrected chi connectivity index (χ4v) is 3.14. The summed E-state index contributed by atoms with van der Waals surface area (Å²) in [4.78, 5) is 11.9. The van der Waals surface area contributed by atoms with Crippen LogP contribution in [0.1, 0.15) is 35.8 Å². The summed E-state index contributed by atoms with van der Waals surface area (Å²) in [5.74, 6) is -3.76. The molecular weight excluding hydrogens is 348 g/mol. The Morgan fingerprint density at radius 2 is 1.52 bits per heavy atom. The van der Waals surface area contributed by atoms with Crippen LogP contribution in [0, 0.1) is 5.92 Å². The predicted molar refractivity (Wildman–Crippen MR) is 91.1 cm³/mol. The van der Waals surface area contributed by atoms with Crippen LogP contribution in [-0.2, 0) is 9.84 Å². The van der Waals surface area contributed by atoms with Gasteiger partial charge in [-0.1, -0.05) is 44.2 Å². The van der Waals surface area contributed by atoms with Gasteiger partial charge in [0.05, 0.1) is 10.9 Å². The highest BCUT2D eigenvalue weighted by molar-refractivity contribution is 7.91. The summed E-state index contributed by atoms with van der Waals surface area (Å²) < 4.78 is 47.9. The Bertz CT molecular complexity index is 819. The molecule has 2 aromatic rings. The molecule has 1 atom stereocenters. The van der Waals surface area contributed by atoms with Gasteiger partial charge in [-0.15, -0.1) is 0 Å². The number of rotatable bonds is 6. The molecule has 0 aliphatic heterocycles. The SMILES string of the molecule is CC(C)C(NC(=O)c1ccc(S(=O)(=O)C(F)F)cc1)c1ccccc1. The number of carbonyl (C=O) groups is 1. The van der Waals surface area contributed by atoms with Crippen molar-refractivity contribution in [2.75, 3.05) is 0 Å². The summed E-state index contributed by atoms with van der Waals surface area (Å²) in [7, 11) is -4.66. The topological polar surface area (TPSA) is 63.2 Å². The van der Waals surface area contributed by atoms with E-state index in [-0.39, 0.29) is 17.5 Å². The average Bonchev–Trinajstić information content (AvgIpc) is 2.59. The van der Waals surface area contributed by atoms with Crippen molar-refractivity contribution in [2.45, 2.75) is 30.5 Å². The molecule has 2 rings (SSSR count). The van der Waals surface area contributed by atoms with Gasteiger partial charge in [0.25, 0.3) is 5.91 Å². The zero-order valence-corrected chi connectivity index (χ0v) is 14.6. The van der Waals surface area contributed by atoms with E-state index in [0.717, 1.165) is 17.7 Å². The average molecular weight is 367 g/mol. The van der Waals surface area contributed by atoms with Gasteiger partial charge in [0.2, 0.25) is 9.84 Å². The van der Waals surface area contributed by atoms with E-state index in [1.54, 1.807) is 0 Å². The second kappa shape index (κ2) is 7.74. The molecule has 2 aromatic carbocycles. The van der Waals surface area contributed by atoms with Gasteiger partial charge in [0, 0.05) is 5.56 Å². The van der Waals surface area contributed by atoms with E-state index in [0.29, 0.717) is 0 Å². The molecule has 0 aliphatic carbocycles. The van der Waals surface area contributed by atoms with Crippen molar-refractivity contribution < 1.29 is 22.0 Å². The fourth-order valence-electron chi connectivity index (χ4n) is 2.42. The van der Waals surface area contributed by atoms with E-state index >= 15 is 0 Å². The maximum Gasteiger partial charge on any atom is 0.341 e. The smallest absolute Gasteiger partial charge is 0.341 e. The lowest BCUT2D eigenvalue weighted by molar-refractivity contribution is 0.0925. The first-order valence-electron chi connectivity index (χ1n) is 7.71. The molecule has 0 aliphatic rings. The van der Waals surface area contributed by atoms with Crippen molar-refractivity contribution in [3.05, 3.63) is 65.7 Å². The molecule has 1 unspecified atom stereocenters. The molecule has 25 heavy (non-hydrogen) atoms. The minimum Gasteiger partial charge on any atom is -0.345 e. The number of carbonyl (C=O) groups excluding carboxylic acids is 1. The van der Waals surface area contributed by atoms with E-state index in [2.05, 4.69) is 5.32 Å². The molecule has 0 saturated carbocycles. The predicted octanol–water partition coefficient (Wildman–Crippen LogP) is 3.81. The number of alkyl halides is 2. The standard InChI is InChI=1S/C18H19F2NO3S/c1-12(2)16(13-6-4-3-5-7-13)21-17(22)14-8-10-15(11-9-14)25(23,24)18(19)20/h3-12,16,18H,1-2H3,(H,21,22). The minimum atomic E-state index is -4.66. The first kappa shape index (κ1) is 19.1. The molecule has 134 valence electrons. The maximum absolute atomic E-state index is 12.5. The van der Waals surface area contributed by atoms with Gasteiger partial charge >= 0.3 is 5.76 Å². The van der Waals surface area contributed by atoms with Gasteiger partial charge < -0.3 is 5.32 Å². The van der Waals surface area contributed by atoms with Gasteiger partial charge in [-0.25, -0.2) is 8.42 Å². The Morgan fingerprint density at radius 1 is 0.960 bits per heavy atom. The van der Waals surface area contributed by atoms with Gasteiger partial charge in [-0.3, -0.25) is 4.79 Å². The zero-order valence-electron chi connectivity index (χ0n) is 13.8. The second-order valence-corrected chi connectivity index (χ2v) is 7.85. The molecule has 0 aromatic heterocycles. The molecular formula is C18H19F2NO3S. The summed E-state index contributed by atoms with van der Waals surface area (Å²) in [6.45, 7) is 3.94. The van der Waals surface area contributed by atoms with Crippen molar-refractivity contribution in [3.63, 3.8) is 0 Å². The quantitative estimate of drug-likeness (QED) is 0.844. The molecule has 4 nitrogen and oxygen atoms in total. The Balaban J connectivity index is 2.20. The number of nitrogens with one attached hydrogen (secondary N) is 1. The van der Waals surface area contributed by atoms with Crippen molar-refractivity contribution in [3.8, 4) is 0 Å². The van der Waals surface area contributed by atoms with E-state index in [9.17, 15) is 22.0 Å². The van der Waals surface area contributed by atoms with E-state index in [1.807, 2.05) is 44.2 Å². The van der Waals surface area contributed by atoms with Crippen LogP contribution in [-0.4, -0.2) is 20.1 Å². The van der Waals surface area contributed by atoms with E-state index in [4.69, 9.17) is 0 Å². The molecule has 1 N–H and O–H groups in total. The van der Waals surface area contributed by atoms with Crippen LogP contribution in [0.15, 0.2) is 59.5 Å². The number of hydrogen-bond acceptors (Lipinski definition) is 3. The Hall–Kier alpha value is -2.28. The lowest BCUT2D eigenvalue weighted by atomic mass is 9.95. The van der Waals surface area contributed by atoms with E-state index < -0.39 is 26.4 Å². The van der Waals surface area contributed by atoms with Crippen LogP contribution >= 0.6 is 0 Å². The zero-order chi connectivity index (χ0) is 18.6. The molecule has 0 saturated heterocycles. The molecule has 0 spiro atoms. The van der Waals surface area contributed by atoms with Crippen LogP contribution in [0.2, 0.25) is 0 Å². The summed E-state index contributed by atoms with van der Waals surface area (Å²) in [6.07, 6.45) is 0. The van der Waals surface area contributed by atoms with Crippen molar-refractivity contribution in [1.82, 2.24) is 5.32 Å². The third-order valence-corrected chi connectivity index (χ3v) is 5.19. The summed E-state index contributed by atoms with van der Waals surface area (Å²) in [5, 5.41) is 2.89. The van der Waals surface area contributed by atoms with Crippen LogP contribution in [0.3, 0.4) is 0 Å². The minimum absolute atomic E-state index is 0.129. The summed E-state index contributed by atoms with van der Waals surface area (Å²) in [5.41, 5.74) is 1.15. The summed E-state index contributed by atoms with van der Waals surface area (Å²) in [6, 6.07) is 13.7. The number of amides is 1. The van der Waals surface area contributed by atoms with Crippen LogP contribution in [0.4, 0.5) is 8.78 Å². The molecule has 1 amide bonds. The van der Waals surface area contributed by atoms with Crippen molar-refractivity contribution in [2.24, 2.45) is 5.92 Å². The number of benzene rings is 2. The lowest BCUT2D eigenvalue weighted by Gasteiger charge is -2.23. The van der Waals surface area contributed by atoms with Gasteiger partial charge in [0.1, 0.15) is 0 Å². The second-order valence-electron chi connectivity index (χ2n) is 5.94. The Labute approximate surface area is 145 Å². The number of sulfone groups is 1. The van der Waals surface area contributed by atoms with Gasteiger partial charge in [-0.2, -0.15) is 8.78 Å². The van der Waals surface area contributed by atoms with Crippen molar-refractivity contribution in [1.29, 1.82) is 0 Å². The molecule has 0 bridgehead atoms. The maximum atomic E-state index is 12.5. The first-order valence-corrected chi connectivity index (χ1v) is 9.26. The fraction of sp³-hybridized carbons (Fsp3) is 0.278. The highest BCUT2D eigenvalue weighted by Crippen LogP contribution is 2.23. The molecule has 0 heterocycles. The van der Waals surface area contributed by atoms with E-state index in [1.165, 1.54) is 12.1 Å². The number of hydrogen-bond donors (Lipinski definition) is 1. The molecule has 0 fully saturated rings. The summed E-state index contributed by atoms with van der Waals surface area (Å²) >= 11 is 0. The van der Waals surface area contributed by atoms with Crippen LogP contribution < -0.4 is 5.32 Å². The van der Waals surface area contributed by atoms with Crippen LogP contribution in [0.25, 0.3) is 0 Å². The third kappa shape index (κ3) is 4.42. The van der Waals surface area contributed by atoms with Crippen LogP contribution in [0.5, 0.6) is 0 Å². The van der Waals surface area contributed by atoms with Gasteiger partial charge in [0.15, 0.2) is 0 Å². The monoisotopic (exact) mass is 367 g/mol. The molecule has 7 heteroatoms. The Morgan fingerprint density at radius 3 is 2.00 bits per heavy atom. The third-order valence-electron chi connectivity index (χ3n) is 3.79. The highest BCUT2D eigenvalue weighted by atomic mass is 32.2. The van der Waals surface area contributed by atoms with Gasteiger partial charge in [-0.05, 0) is 35.7 Å². The largest absolute Gasteiger partial charge is 0.345 e. The lowest BCUT2D eigenvalue weighted by Crippen LogP contribution is -2.31. The Kier molecular flexibility index (Phi) is 5.89. The highest BCUT2D eigenvalue weighted by Gasteiger charge is 2.26.